The molecule has 5 heteroatoms. The van der Waals surface area contributed by atoms with Gasteiger partial charge in [0.25, 0.3) is 0 Å². The molecule has 158 valence electrons. The summed E-state index contributed by atoms with van der Waals surface area (Å²) < 4.78 is 8.40. The molecule has 0 saturated carbocycles. The van der Waals surface area contributed by atoms with Gasteiger partial charge in [-0.05, 0) is 38.3 Å². The Labute approximate surface area is 179 Å². The molecule has 1 aromatic heterocycles. The first-order valence-electron chi connectivity index (χ1n) is 10.7. The molecule has 2 heterocycles. The number of hydrogen-bond donors (Lipinski definition) is 2. The van der Waals surface area contributed by atoms with Crippen molar-refractivity contribution in [2.45, 2.75) is 51.5 Å². The monoisotopic (exact) mass is 404 g/mol. The van der Waals surface area contributed by atoms with Crippen molar-refractivity contribution in [3.8, 4) is 0 Å². The number of aromatic nitrogens is 2. The zero-order valence-electron chi connectivity index (χ0n) is 18.4. The van der Waals surface area contributed by atoms with Crippen molar-refractivity contribution in [1.82, 2.24) is 20.4 Å². The Bertz CT molecular complexity index is 970. The van der Waals surface area contributed by atoms with E-state index in [1.807, 2.05) is 6.07 Å². The minimum atomic E-state index is -0.586. The molecule has 0 aliphatic carbocycles. The summed E-state index contributed by atoms with van der Waals surface area (Å²) in [6.07, 6.45) is 0.921. The van der Waals surface area contributed by atoms with Gasteiger partial charge < -0.3 is 10.1 Å². The summed E-state index contributed by atoms with van der Waals surface area (Å²) in [6, 6.07) is 21.3. The first kappa shape index (κ1) is 20.8. The molecule has 4 rings (SSSR count). The topological polar surface area (TPSA) is 51.1 Å². The van der Waals surface area contributed by atoms with Crippen LogP contribution in [0.15, 0.2) is 60.7 Å². The van der Waals surface area contributed by atoms with Crippen molar-refractivity contribution >= 4 is 0 Å². The fraction of sp³-hybridized carbons (Fsp3) is 0.400. The predicted molar refractivity (Wildman–Crippen MR) is 120 cm³/mol. The molecule has 0 amide bonds. The Balaban J connectivity index is 1.65. The SMILES string of the molecule is COC1(c2ccccc2)NCC(n2nc(C)c(C)c2C)CC1NCc1ccccc1. The molecular formula is C25H32N4O. The molecule has 1 aliphatic heterocycles. The van der Waals surface area contributed by atoms with Crippen LogP contribution in [0.3, 0.4) is 0 Å². The van der Waals surface area contributed by atoms with Crippen molar-refractivity contribution in [3.05, 3.63) is 88.7 Å². The molecule has 0 bridgehead atoms. The summed E-state index contributed by atoms with van der Waals surface area (Å²) in [4.78, 5) is 0. The van der Waals surface area contributed by atoms with E-state index in [4.69, 9.17) is 9.84 Å². The first-order chi connectivity index (χ1) is 14.5. The maximum Gasteiger partial charge on any atom is 0.160 e. The first-order valence-corrected chi connectivity index (χ1v) is 10.7. The van der Waals surface area contributed by atoms with Crippen LogP contribution in [0.4, 0.5) is 0 Å². The van der Waals surface area contributed by atoms with E-state index in [0.29, 0.717) is 0 Å². The third-order valence-electron chi connectivity index (χ3n) is 6.55. The van der Waals surface area contributed by atoms with Gasteiger partial charge in [0, 0.05) is 31.5 Å². The lowest BCUT2D eigenvalue weighted by atomic mass is 9.85. The van der Waals surface area contributed by atoms with Gasteiger partial charge in [-0.2, -0.15) is 5.10 Å². The normalized spacial score (nSPS) is 24.1. The number of rotatable bonds is 6. The average molecular weight is 405 g/mol. The van der Waals surface area contributed by atoms with Gasteiger partial charge >= 0.3 is 0 Å². The highest BCUT2D eigenvalue weighted by molar-refractivity contribution is 5.27. The zero-order chi connectivity index (χ0) is 21.1. The quantitative estimate of drug-likeness (QED) is 0.652. The highest BCUT2D eigenvalue weighted by atomic mass is 16.5. The summed E-state index contributed by atoms with van der Waals surface area (Å²) in [6.45, 7) is 7.99. The van der Waals surface area contributed by atoms with Gasteiger partial charge in [0.1, 0.15) is 0 Å². The lowest BCUT2D eigenvalue weighted by Gasteiger charge is -2.47. The fourth-order valence-corrected chi connectivity index (χ4v) is 4.59. The Kier molecular flexibility index (Phi) is 6.04. The summed E-state index contributed by atoms with van der Waals surface area (Å²) in [5.74, 6) is 0. The van der Waals surface area contributed by atoms with Gasteiger partial charge in [0.05, 0.1) is 17.8 Å². The highest BCUT2D eigenvalue weighted by Gasteiger charge is 2.46. The molecule has 1 saturated heterocycles. The molecule has 30 heavy (non-hydrogen) atoms. The highest BCUT2D eigenvalue weighted by Crippen LogP contribution is 2.36. The Morgan fingerprint density at radius 3 is 2.33 bits per heavy atom. The van der Waals surface area contributed by atoms with Crippen molar-refractivity contribution in [3.63, 3.8) is 0 Å². The van der Waals surface area contributed by atoms with Crippen LogP contribution in [0.1, 0.15) is 40.5 Å². The number of methoxy groups -OCH3 is 1. The van der Waals surface area contributed by atoms with Crippen molar-refractivity contribution in [1.29, 1.82) is 0 Å². The van der Waals surface area contributed by atoms with Crippen LogP contribution in [0.25, 0.3) is 0 Å². The third kappa shape index (κ3) is 3.81. The molecule has 1 fully saturated rings. The second-order valence-electron chi connectivity index (χ2n) is 8.24. The van der Waals surface area contributed by atoms with Crippen molar-refractivity contribution < 1.29 is 4.74 Å². The summed E-state index contributed by atoms with van der Waals surface area (Å²) in [7, 11) is 1.80. The van der Waals surface area contributed by atoms with E-state index in [1.54, 1.807) is 7.11 Å². The van der Waals surface area contributed by atoms with Crippen LogP contribution in [0.2, 0.25) is 0 Å². The lowest BCUT2D eigenvalue weighted by molar-refractivity contribution is -0.0989. The van der Waals surface area contributed by atoms with E-state index in [2.05, 4.69) is 90.7 Å². The molecule has 0 spiro atoms. The Hall–Kier alpha value is -2.47. The standard InChI is InChI=1S/C25H32N4O/c1-18-19(2)28-29(20(18)3)23-15-24(26-16-21-11-7-5-8-12-21)25(30-4,27-17-23)22-13-9-6-10-14-22/h5-14,23-24,26-27H,15-17H2,1-4H3. The van der Waals surface area contributed by atoms with E-state index in [-0.39, 0.29) is 12.1 Å². The molecule has 0 radical (unpaired) electrons. The molecule has 1 aliphatic rings. The van der Waals surface area contributed by atoms with E-state index >= 15 is 0 Å². The number of piperidine rings is 1. The minimum absolute atomic E-state index is 0.0769. The maximum absolute atomic E-state index is 6.21. The molecule has 2 N–H and O–H groups in total. The smallest absolute Gasteiger partial charge is 0.160 e. The van der Waals surface area contributed by atoms with Gasteiger partial charge in [-0.15, -0.1) is 0 Å². The van der Waals surface area contributed by atoms with Crippen LogP contribution in [-0.4, -0.2) is 29.5 Å². The molecule has 2 aromatic carbocycles. The van der Waals surface area contributed by atoms with E-state index in [1.165, 1.54) is 16.8 Å². The minimum Gasteiger partial charge on any atom is -0.358 e. The van der Waals surface area contributed by atoms with Crippen molar-refractivity contribution in [2.75, 3.05) is 13.7 Å². The number of nitrogens with one attached hydrogen (secondary N) is 2. The van der Waals surface area contributed by atoms with Crippen LogP contribution >= 0.6 is 0 Å². The number of benzene rings is 2. The molecule has 5 nitrogen and oxygen atoms in total. The average Bonchev–Trinajstić information content (AvgIpc) is 3.06. The third-order valence-corrected chi connectivity index (χ3v) is 6.55. The zero-order valence-corrected chi connectivity index (χ0v) is 18.4. The van der Waals surface area contributed by atoms with Crippen LogP contribution in [-0.2, 0) is 17.0 Å². The van der Waals surface area contributed by atoms with Crippen LogP contribution in [0, 0.1) is 20.8 Å². The second-order valence-corrected chi connectivity index (χ2v) is 8.24. The summed E-state index contributed by atoms with van der Waals surface area (Å²) in [5.41, 5.74) is 5.44. The maximum atomic E-state index is 6.21. The van der Waals surface area contributed by atoms with Gasteiger partial charge in [0.15, 0.2) is 5.72 Å². The van der Waals surface area contributed by atoms with Gasteiger partial charge in [-0.25, -0.2) is 0 Å². The Morgan fingerprint density at radius 1 is 1.07 bits per heavy atom. The van der Waals surface area contributed by atoms with E-state index < -0.39 is 5.72 Å². The number of nitrogens with zero attached hydrogens (tertiary/aromatic N) is 2. The number of aryl methyl sites for hydroxylation is 1. The molecular weight excluding hydrogens is 372 g/mol. The summed E-state index contributed by atoms with van der Waals surface area (Å²) in [5, 5.41) is 12.4. The van der Waals surface area contributed by atoms with E-state index in [9.17, 15) is 0 Å². The predicted octanol–water partition coefficient (Wildman–Crippen LogP) is 4.00. The fourth-order valence-electron chi connectivity index (χ4n) is 4.59. The summed E-state index contributed by atoms with van der Waals surface area (Å²) >= 11 is 0. The van der Waals surface area contributed by atoms with Crippen LogP contribution < -0.4 is 10.6 Å². The van der Waals surface area contributed by atoms with Gasteiger partial charge in [0.2, 0.25) is 0 Å². The number of hydrogen-bond acceptors (Lipinski definition) is 4. The van der Waals surface area contributed by atoms with E-state index in [0.717, 1.165) is 30.8 Å². The van der Waals surface area contributed by atoms with Crippen molar-refractivity contribution in [2.24, 2.45) is 0 Å². The molecule has 3 atom stereocenters. The number of ether oxygens (including phenoxy) is 1. The molecule has 3 unspecified atom stereocenters. The lowest BCUT2D eigenvalue weighted by Crippen LogP contribution is -2.63. The Morgan fingerprint density at radius 2 is 1.73 bits per heavy atom. The van der Waals surface area contributed by atoms with Crippen LogP contribution in [0.5, 0.6) is 0 Å². The largest absolute Gasteiger partial charge is 0.358 e. The van der Waals surface area contributed by atoms with Gasteiger partial charge in [-0.1, -0.05) is 60.7 Å². The van der Waals surface area contributed by atoms with Gasteiger partial charge in [-0.3, -0.25) is 10.00 Å². The molecule has 3 aromatic rings. The second kappa shape index (κ2) is 8.72.